The number of hydrogen-bond donors (Lipinski definition) is 0. The van der Waals surface area contributed by atoms with Gasteiger partial charge >= 0.3 is 5.97 Å². The summed E-state index contributed by atoms with van der Waals surface area (Å²) in [4.78, 5) is 22.3. The van der Waals surface area contributed by atoms with Gasteiger partial charge in [0.25, 0.3) is 0 Å². The number of fused-ring (bicyclic) bond motifs is 1. The Morgan fingerprint density at radius 2 is 2.25 bits per heavy atom. The van der Waals surface area contributed by atoms with E-state index in [-0.39, 0.29) is 11.8 Å². The van der Waals surface area contributed by atoms with E-state index in [0.29, 0.717) is 19.3 Å². The summed E-state index contributed by atoms with van der Waals surface area (Å²) in [5.41, 5.74) is 0.359. The van der Waals surface area contributed by atoms with Crippen molar-refractivity contribution in [3.63, 3.8) is 0 Å². The number of esters is 1. The summed E-state index contributed by atoms with van der Waals surface area (Å²) in [7, 11) is 0. The summed E-state index contributed by atoms with van der Waals surface area (Å²) in [6, 6.07) is 0. The van der Waals surface area contributed by atoms with Gasteiger partial charge in [0, 0.05) is 12.8 Å². The molecule has 0 aromatic heterocycles. The number of ether oxygens (including phenoxy) is 1. The van der Waals surface area contributed by atoms with E-state index < -0.39 is 5.41 Å². The minimum atomic E-state index is -0.492. The van der Waals surface area contributed by atoms with E-state index in [1.54, 1.807) is 0 Å². The molecule has 0 N–H and O–H groups in total. The molecule has 0 aromatic carbocycles. The molecule has 0 bridgehead atoms. The zero-order chi connectivity index (χ0) is 8.77. The number of Topliss-reactive ketones (excluding diaryl/α,β-unsaturated/α-hetero) is 1. The van der Waals surface area contributed by atoms with Crippen LogP contribution < -0.4 is 0 Å². The van der Waals surface area contributed by atoms with E-state index in [4.69, 9.17) is 4.74 Å². The van der Waals surface area contributed by atoms with Crippen molar-refractivity contribution in [3.8, 4) is 0 Å². The molecular weight excluding hydrogens is 156 g/mol. The summed E-state index contributed by atoms with van der Waals surface area (Å²) in [5.74, 6) is 0.00188. The molecule has 64 valence electrons. The lowest BCUT2D eigenvalue weighted by molar-refractivity contribution is -0.144. The van der Waals surface area contributed by atoms with Gasteiger partial charge in [0.15, 0.2) is 0 Å². The van der Waals surface area contributed by atoms with E-state index in [2.05, 4.69) is 0 Å². The van der Waals surface area contributed by atoms with Crippen molar-refractivity contribution in [1.82, 2.24) is 0 Å². The monoisotopic (exact) mass is 166 g/mol. The molecule has 1 fully saturated rings. The molecule has 0 unspecified atom stereocenters. The Morgan fingerprint density at radius 3 is 3.00 bits per heavy atom. The molecule has 1 heterocycles. The summed E-state index contributed by atoms with van der Waals surface area (Å²) in [6.07, 6.45) is 2.95. The van der Waals surface area contributed by atoms with Crippen LogP contribution in [0.3, 0.4) is 0 Å². The van der Waals surface area contributed by atoms with Crippen LogP contribution in [0.5, 0.6) is 0 Å². The zero-order valence-electron chi connectivity index (χ0n) is 6.92. The molecule has 3 nitrogen and oxygen atoms in total. The first-order valence-electron chi connectivity index (χ1n) is 4.05. The molecule has 0 aromatic rings. The van der Waals surface area contributed by atoms with Crippen molar-refractivity contribution in [2.75, 3.05) is 0 Å². The molecule has 0 saturated heterocycles. The molecule has 1 aliphatic heterocycles. The van der Waals surface area contributed by atoms with Crippen LogP contribution in [-0.4, -0.2) is 11.8 Å². The Hall–Kier alpha value is -1.12. The van der Waals surface area contributed by atoms with Crippen molar-refractivity contribution in [3.05, 3.63) is 11.8 Å². The van der Waals surface area contributed by atoms with Gasteiger partial charge in [-0.05, 0) is 18.9 Å². The first kappa shape index (κ1) is 7.53. The summed E-state index contributed by atoms with van der Waals surface area (Å²) < 4.78 is 4.80. The average molecular weight is 166 g/mol. The molecule has 1 saturated carbocycles. The highest BCUT2D eigenvalue weighted by molar-refractivity contribution is 5.91. The smallest absolute Gasteiger partial charge is 0.320 e. The van der Waals surface area contributed by atoms with Crippen molar-refractivity contribution in [2.45, 2.75) is 26.2 Å². The highest BCUT2D eigenvalue weighted by Crippen LogP contribution is 2.43. The molecular formula is C9H10O3. The quantitative estimate of drug-likeness (QED) is 0.507. The van der Waals surface area contributed by atoms with Crippen molar-refractivity contribution in [1.29, 1.82) is 0 Å². The van der Waals surface area contributed by atoms with Crippen LogP contribution in [-0.2, 0) is 14.3 Å². The van der Waals surface area contributed by atoms with E-state index in [1.165, 1.54) is 6.26 Å². The maximum Gasteiger partial charge on any atom is 0.320 e. The standard InChI is InChI=1S/C9H10O3/c1-9-3-2-7(10)4-6(9)5-12-8(9)11/h5H,2-4H2,1H3/t9-/m0/s1. The van der Waals surface area contributed by atoms with Gasteiger partial charge in [0.05, 0.1) is 11.7 Å². The lowest BCUT2D eigenvalue weighted by Crippen LogP contribution is -2.31. The van der Waals surface area contributed by atoms with Crippen LogP contribution in [0.4, 0.5) is 0 Å². The number of ketones is 1. The molecule has 0 radical (unpaired) electrons. The van der Waals surface area contributed by atoms with Gasteiger partial charge < -0.3 is 4.74 Å². The predicted octanol–water partition coefficient (Wildman–Crippen LogP) is 1.19. The number of hydrogen-bond acceptors (Lipinski definition) is 3. The highest BCUT2D eigenvalue weighted by atomic mass is 16.5. The van der Waals surface area contributed by atoms with Gasteiger partial charge in [-0.1, -0.05) is 0 Å². The molecule has 2 aliphatic rings. The fourth-order valence-electron chi connectivity index (χ4n) is 1.71. The Kier molecular flexibility index (Phi) is 1.37. The SMILES string of the molecule is C[C@]12CCC(=O)CC1=COC2=O. The second-order valence-electron chi connectivity index (χ2n) is 3.60. The minimum absolute atomic E-state index is 0.204. The molecule has 12 heavy (non-hydrogen) atoms. The largest absolute Gasteiger partial charge is 0.434 e. The Bertz CT molecular complexity index is 290. The summed E-state index contributed by atoms with van der Waals surface area (Å²) in [5, 5.41) is 0. The first-order valence-corrected chi connectivity index (χ1v) is 4.05. The Labute approximate surface area is 70.4 Å². The number of carbonyl (C=O) groups is 2. The maximum atomic E-state index is 11.3. The lowest BCUT2D eigenvalue weighted by Gasteiger charge is -2.26. The van der Waals surface area contributed by atoms with Crippen LogP contribution in [0, 0.1) is 5.41 Å². The molecule has 0 spiro atoms. The van der Waals surface area contributed by atoms with E-state index >= 15 is 0 Å². The third kappa shape index (κ3) is 0.823. The second kappa shape index (κ2) is 2.19. The Morgan fingerprint density at radius 1 is 1.50 bits per heavy atom. The summed E-state index contributed by atoms with van der Waals surface area (Å²) >= 11 is 0. The van der Waals surface area contributed by atoms with Crippen LogP contribution >= 0.6 is 0 Å². The average Bonchev–Trinajstić information content (AvgIpc) is 2.31. The van der Waals surface area contributed by atoms with E-state index in [0.717, 1.165) is 5.57 Å². The van der Waals surface area contributed by atoms with Gasteiger partial charge in [0.1, 0.15) is 5.78 Å². The fraction of sp³-hybridized carbons (Fsp3) is 0.556. The van der Waals surface area contributed by atoms with Gasteiger partial charge in [-0.3, -0.25) is 9.59 Å². The number of carbonyl (C=O) groups excluding carboxylic acids is 2. The second-order valence-corrected chi connectivity index (χ2v) is 3.60. The van der Waals surface area contributed by atoms with Crippen LogP contribution in [0.2, 0.25) is 0 Å². The lowest BCUT2D eigenvalue weighted by atomic mass is 9.73. The molecule has 3 heteroatoms. The highest BCUT2D eigenvalue weighted by Gasteiger charge is 2.46. The van der Waals surface area contributed by atoms with Gasteiger partial charge in [-0.15, -0.1) is 0 Å². The van der Waals surface area contributed by atoms with Crippen molar-refractivity contribution >= 4 is 11.8 Å². The van der Waals surface area contributed by atoms with Crippen molar-refractivity contribution in [2.24, 2.45) is 5.41 Å². The fourth-order valence-corrected chi connectivity index (χ4v) is 1.71. The van der Waals surface area contributed by atoms with Crippen LogP contribution in [0.1, 0.15) is 26.2 Å². The maximum absolute atomic E-state index is 11.3. The molecule has 1 atom stereocenters. The zero-order valence-corrected chi connectivity index (χ0v) is 6.92. The molecule has 0 amide bonds. The Balaban J connectivity index is 2.33. The molecule has 2 rings (SSSR count). The topological polar surface area (TPSA) is 43.4 Å². The normalized spacial score (nSPS) is 34.2. The third-order valence-electron chi connectivity index (χ3n) is 2.76. The van der Waals surface area contributed by atoms with Crippen molar-refractivity contribution < 1.29 is 14.3 Å². The van der Waals surface area contributed by atoms with E-state index in [1.807, 2.05) is 6.92 Å². The predicted molar refractivity (Wildman–Crippen MR) is 41.1 cm³/mol. The van der Waals surface area contributed by atoms with Crippen LogP contribution in [0.25, 0.3) is 0 Å². The van der Waals surface area contributed by atoms with E-state index in [9.17, 15) is 9.59 Å². The third-order valence-corrected chi connectivity index (χ3v) is 2.76. The minimum Gasteiger partial charge on any atom is -0.434 e. The van der Waals surface area contributed by atoms with Gasteiger partial charge in [-0.25, -0.2) is 0 Å². The number of cyclic esters (lactones) is 1. The molecule has 1 aliphatic carbocycles. The summed E-state index contributed by atoms with van der Waals surface area (Å²) in [6.45, 7) is 1.85. The number of rotatable bonds is 0. The van der Waals surface area contributed by atoms with Gasteiger partial charge in [-0.2, -0.15) is 0 Å². The van der Waals surface area contributed by atoms with Crippen LogP contribution in [0.15, 0.2) is 11.8 Å². The first-order chi connectivity index (χ1) is 5.63. The van der Waals surface area contributed by atoms with Gasteiger partial charge in [0.2, 0.25) is 0 Å².